The van der Waals surface area contributed by atoms with Crippen molar-refractivity contribution < 1.29 is 13.2 Å². The first-order valence-electron chi connectivity index (χ1n) is 9.41. The van der Waals surface area contributed by atoms with E-state index in [9.17, 15) is 13.2 Å². The third kappa shape index (κ3) is 3.83. The van der Waals surface area contributed by atoms with Gasteiger partial charge in [-0.3, -0.25) is 0 Å². The molecule has 5 nitrogen and oxygen atoms in total. The summed E-state index contributed by atoms with van der Waals surface area (Å²) in [4.78, 5) is 5.00. The van der Waals surface area contributed by atoms with Crippen molar-refractivity contribution in [3.05, 3.63) is 36.0 Å². The molecule has 0 atom stereocenters. The van der Waals surface area contributed by atoms with Crippen molar-refractivity contribution in [2.24, 2.45) is 5.41 Å². The highest BCUT2D eigenvalue weighted by Crippen LogP contribution is 2.49. The molecule has 1 aliphatic carbocycles. The normalized spacial score (nSPS) is 19.1. The van der Waals surface area contributed by atoms with Crippen LogP contribution in [0.4, 0.5) is 18.3 Å². The van der Waals surface area contributed by atoms with Gasteiger partial charge in [-0.25, -0.2) is 9.50 Å². The van der Waals surface area contributed by atoms with E-state index in [-0.39, 0.29) is 12.4 Å². The van der Waals surface area contributed by atoms with E-state index >= 15 is 0 Å². The molecule has 2 fully saturated rings. The lowest BCUT2D eigenvalue weighted by molar-refractivity contribution is -0.137. The molecule has 3 heterocycles. The lowest BCUT2D eigenvalue weighted by Crippen LogP contribution is -2.50. The number of fused-ring (bicyclic) bond motifs is 1. The van der Waals surface area contributed by atoms with Gasteiger partial charge < -0.3 is 10.6 Å². The molecular weight excluding hydrogens is 423 g/mol. The van der Waals surface area contributed by atoms with E-state index in [0.29, 0.717) is 27.7 Å². The van der Waals surface area contributed by atoms with Crippen LogP contribution in [0.15, 0.2) is 30.5 Å². The monoisotopic (exact) mass is 443 g/mol. The molecule has 2 aromatic heterocycles. The van der Waals surface area contributed by atoms with Crippen LogP contribution < -0.4 is 10.6 Å². The minimum absolute atomic E-state index is 0. The van der Waals surface area contributed by atoms with Gasteiger partial charge in [-0.15, -0.1) is 17.5 Å². The van der Waals surface area contributed by atoms with Crippen molar-refractivity contribution in [2.45, 2.75) is 37.9 Å². The van der Waals surface area contributed by atoms with Gasteiger partial charge in [-0.2, -0.15) is 13.2 Å². The third-order valence-corrected chi connectivity index (χ3v) is 6.78. The van der Waals surface area contributed by atoms with E-state index in [1.165, 1.54) is 30.2 Å². The summed E-state index contributed by atoms with van der Waals surface area (Å²) in [5.74, 6) is 0. The molecule has 0 unspecified atom stereocenters. The van der Waals surface area contributed by atoms with Gasteiger partial charge in [0.15, 0.2) is 0 Å². The Bertz CT molecular complexity index is 1000. The Morgan fingerprint density at radius 3 is 2.69 bits per heavy atom. The second kappa shape index (κ2) is 7.45. The van der Waals surface area contributed by atoms with Crippen LogP contribution in [0.1, 0.15) is 31.2 Å². The molecule has 0 amide bonds. The fourth-order valence-electron chi connectivity index (χ4n) is 4.43. The van der Waals surface area contributed by atoms with E-state index in [2.05, 4.69) is 20.7 Å². The zero-order chi connectivity index (χ0) is 19.4. The number of alkyl halides is 3. The van der Waals surface area contributed by atoms with Crippen LogP contribution in [-0.2, 0) is 6.18 Å². The van der Waals surface area contributed by atoms with Gasteiger partial charge in [0.2, 0.25) is 10.1 Å². The lowest BCUT2D eigenvalue weighted by Gasteiger charge is -2.50. The lowest BCUT2D eigenvalue weighted by atomic mass is 9.61. The van der Waals surface area contributed by atoms with Gasteiger partial charge in [0.1, 0.15) is 0 Å². The molecule has 0 radical (unpaired) electrons. The van der Waals surface area contributed by atoms with Gasteiger partial charge in [0, 0.05) is 11.6 Å². The molecule has 0 bridgehead atoms. The number of anilines is 1. The average molecular weight is 444 g/mol. The van der Waals surface area contributed by atoms with E-state index in [1.54, 1.807) is 16.8 Å². The van der Waals surface area contributed by atoms with Crippen molar-refractivity contribution >= 4 is 33.8 Å². The molecule has 1 spiro atoms. The summed E-state index contributed by atoms with van der Waals surface area (Å²) in [6.45, 7) is 2.19. The van der Waals surface area contributed by atoms with Crippen molar-refractivity contribution in [3.63, 3.8) is 0 Å². The van der Waals surface area contributed by atoms with Crippen molar-refractivity contribution in [2.75, 3.05) is 18.4 Å². The number of halogens is 4. The van der Waals surface area contributed by atoms with Crippen LogP contribution in [-0.4, -0.2) is 33.7 Å². The summed E-state index contributed by atoms with van der Waals surface area (Å²) in [5.41, 5.74) is 0.823. The minimum atomic E-state index is -4.37. The Kier molecular flexibility index (Phi) is 5.25. The molecule has 2 N–H and O–H groups in total. The number of hydrogen-bond acceptors (Lipinski definition) is 5. The zero-order valence-corrected chi connectivity index (χ0v) is 17.1. The Hall–Kier alpha value is -1.84. The van der Waals surface area contributed by atoms with Crippen LogP contribution in [0.5, 0.6) is 0 Å². The number of benzene rings is 1. The molecule has 156 valence electrons. The predicted octanol–water partition coefficient (Wildman–Crippen LogP) is 4.84. The van der Waals surface area contributed by atoms with E-state index in [1.807, 2.05) is 0 Å². The topological polar surface area (TPSA) is 54.2 Å². The number of rotatable bonds is 3. The van der Waals surface area contributed by atoms with Crippen LogP contribution in [0, 0.1) is 5.41 Å². The molecule has 29 heavy (non-hydrogen) atoms. The Labute approximate surface area is 176 Å². The van der Waals surface area contributed by atoms with Crippen LogP contribution in [0.2, 0.25) is 0 Å². The first kappa shape index (κ1) is 20.4. The van der Waals surface area contributed by atoms with E-state index < -0.39 is 11.7 Å². The van der Waals surface area contributed by atoms with Gasteiger partial charge in [0.05, 0.1) is 17.5 Å². The van der Waals surface area contributed by atoms with Crippen LogP contribution >= 0.6 is 23.7 Å². The maximum absolute atomic E-state index is 13.0. The molecule has 1 saturated heterocycles. The van der Waals surface area contributed by atoms with Crippen LogP contribution in [0.3, 0.4) is 0 Å². The maximum Gasteiger partial charge on any atom is 0.416 e. The number of imidazole rings is 1. The summed E-state index contributed by atoms with van der Waals surface area (Å²) >= 11 is 1.43. The molecule has 10 heteroatoms. The summed E-state index contributed by atoms with van der Waals surface area (Å²) in [6.07, 6.45) is 1.96. The average Bonchev–Trinajstić information content (AvgIpc) is 3.21. The number of hydrogen-bond donors (Lipinski definition) is 2. The molecule has 2 aliphatic rings. The zero-order valence-electron chi connectivity index (χ0n) is 15.5. The first-order valence-corrected chi connectivity index (χ1v) is 10.2. The smallest absolute Gasteiger partial charge is 0.357 e. The quantitative estimate of drug-likeness (QED) is 0.608. The highest BCUT2D eigenvalue weighted by atomic mass is 35.5. The largest absolute Gasteiger partial charge is 0.416 e. The van der Waals surface area contributed by atoms with Crippen molar-refractivity contribution in [3.8, 4) is 11.3 Å². The predicted molar refractivity (Wildman–Crippen MR) is 110 cm³/mol. The number of aromatic nitrogens is 3. The van der Waals surface area contributed by atoms with Crippen LogP contribution in [0.25, 0.3) is 16.2 Å². The number of nitrogens with one attached hydrogen (secondary N) is 2. The summed E-state index contributed by atoms with van der Waals surface area (Å²) in [6, 6.07) is 5.69. The first-order chi connectivity index (χ1) is 13.4. The van der Waals surface area contributed by atoms with Gasteiger partial charge >= 0.3 is 6.18 Å². The second-order valence-corrected chi connectivity index (χ2v) is 8.78. The standard InChI is InChI=1S/C19H20F3N5S.ClH/c20-19(21,22)13-3-1-2-12(8-13)15-11-24-17-27(15)26-16(28-17)25-14-9-18(10-14)4-6-23-7-5-18;/h1-3,8,11,14,23H,4-7,9-10H2,(H,25,26);1H. The minimum Gasteiger partial charge on any atom is -0.357 e. The highest BCUT2D eigenvalue weighted by molar-refractivity contribution is 7.20. The van der Waals surface area contributed by atoms with Crippen molar-refractivity contribution in [1.29, 1.82) is 0 Å². The molecule has 3 aromatic rings. The summed E-state index contributed by atoms with van der Waals surface area (Å²) in [5, 5.41) is 12.2. The van der Waals surface area contributed by atoms with E-state index in [4.69, 9.17) is 0 Å². The molecule has 5 rings (SSSR count). The molecular formula is C19H21ClF3N5S. The Morgan fingerprint density at radius 1 is 1.21 bits per heavy atom. The van der Waals surface area contributed by atoms with Gasteiger partial charge in [0.25, 0.3) is 0 Å². The second-order valence-electron chi connectivity index (χ2n) is 7.82. The summed E-state index contributed by atoms with van der Waals surface area (Å²) in [7, 11) is 0. The molecule has 1 aliphatic heterocycles. The fourth-order valence-corrected chi connectivity index (χ4v) is 5.28. The molecule has 1 aromatic carbocycles. The number of nitrogens with zero attached hydrogens (tertiary/aromatic N) is 3. The SMILES string of the molecule is Cl.FC(F)(F)c1cccc(-c2cnc3sc(NC4CC5(CCNCC5)C4)nn23)c1. The highest BCUT2D eigenvalue weighted by Gasteiger charge is 2.44. The van der Waals surface area contributed by atoms with Crippen molar-refractivity contribution in [1.82, 2.24) is 19.9 Å². The maximum atomic E-state index is 13.0. The summed E-state index contributed by atoms with van der Waals surface area (Å²) < 4.78 is 40.7. The number of piperidine rings is 1. The fraction of sp³-hybridized carbons (Fsp3) is 0.474. The van der Waals surface area contributed by atoms with Gasteiger partial charge in [-0.05, 0) is 56.3 Å². The van der Waals surface area contributed by atoms with Gasteiger partial charge in [-0.1, -0.05) is 23.5 Å². The Morgan fingerprint density at radius 2 is 1.97 bits per heavy atom. The Balaban J connectivity index is 0.00000205. The third-order valence-electron chi connectivity index (χ3n) is 5.92. The molecule has 1 saturated carbocycles. The van der Waals surface area contributed by atoms with E-state index in [0.717, 1.165) is 43.2 Å².